The Morgan fingerprint density at radius 2 is 2.06 bits per heavy atom. The Balaban J connectivity index is 2.33. The monoisotopic (exact) mass is 247 g/mol. The SMILES string of the molecule is CC1CCCC(C(=O)c2cncnc2)(N(C)C)C1. The zero-order valence-electron chi connectivity index (χ0n) is 11.4. The molecule has 1 aliphatic rings. The van der Waals surface area contributed by atoms with Crippen molar-refractivity contribution in [2.24, 2.45) is 5.92 Å². The second-order valence-corrected chi connectivity index (χ2v) is 5.58. The van der Waals surface area contributed by atoms with Gasteiger partial charge in [0, 0.05) is 12.4 Å². The lowest BCUT2D eigenvalue weighted by atomic mass is 9.72. The largest absolute Gasteiger partial charge is 0.297 e. The third-order valence-electron chi connectivity index (χ3n) is 4.07. The summed E-state index contributed by atoms with van der Waals surface area (Å²) in [6.07, 6.45) is 8.89. The molecule has 1 saturated carbocycles. The van der Waals surface area contributed by atoms with Crippen LogP contribution in [0.15, 0.2) is 18.7 Å². The summed E-state index contributed by atoms with van der Waals surface area (Å²) >= 11 is 0. The molecule has 1 aromatic rings. The van der Waals surface area contributed by atoms with Gasteiger partial charge in [-0.05, 0) is 32.9 Å². The van der Waals surface area contributed by atoms with Crippen LogP contribution in [0.1, 0.15) is 43.0 Å². The topological polar surface area (TPSA) is 46.1 Å². The Morgan fingerprint density at radius 1 is 1.39 bits per heavy atom. The summed E-state index contributed by atoms with van der Waals surface area (Å²) in [4.78, 5) is 22.8. The molecule has 1 aromatic heterocycles. The number of hydrogen-bond donors (Lipinski definition) is 0. The zero-order valence-corrected chi connectivity index (χ0v) is 11.4. The summed E-state index contributed by atoms with van der Waals surface area (Å²) in [6, 6.07) is 0. The fourth-order valence-corrected chi connectivity index (χ4v) is 3.02. The van der Waals surface area contributed by atoms with Gasteiger partial charge in [0.15, 0.2) is 5.78 Å². The highest BCUT2D eigenvalue weighted by atomic mass is 16.1. The number of aromatic nitrogens is 2. The van der Waals surface area contributed by atoms with E-state index in [1.54, 1.807) is 12.4 Å². The Hall–Kier alpha value is -1.29. The van der Waals surface area contributed by atoms with Gasteiger partial charge >= 0.3 is 0 Å². The number of rotatable bonds is 3. The summed E-state index contributed by atoms with van der Waals surface area (Å²) in [5.41, 5.74) is 0.253. The summed E-state index contributed by atoms with van der Waals surface area (Å²) in [5.74, 6) is 0.759. The van der Waals surface area contributed by atoms with E-state index in [-0.39, 0.29) is 11.3 Å². The van der Waals surface area contributed by atoms with Crippen LogP contribution >= 0.6 is 0 Å². The predicted molar refractivity (Wildman–Crippen MR) is 70.4 cm³/mol. The van der Waals surface area contributed by atoms with Crippen molar-refractivity contribution >= 4 is 5.78 Å². The molecule has 0 saturated heterocycles. The third kappa shape index (κ3) is 2.29. The van der Waals surface area contributed by atoms with Gasteiger partial charge in [-0.1, -0.05) is 19.8 Å². The van der Waals surface area contributed by atoms with Crippen molar-refractivity contribution in [2.75, 3.05) is 14.1 Å². The van der Waals surface area contributed by atoms with Crippen molar-refractivity contribution < 1.29 is 4.79 Å². The number of nitrogens with zero attached hydrogens (tertiary/aromatic N) is 3. The van der Waals surface area contributed by atoms with Gasteiger partial charge in [0.1, 0.15) is 6.33 Å². The molecular formula is C14H21N3O. The van der Waals surface area contributed by atoms with Gasteiger partial charge in [-0.15, -0.1) is 0 Å². The summed E-state index contributed by atoms with van der Waals surface area (Å²) < 4.78 is 0. The molecule has 2 rings (SSSR count). The molecule has 98 valence electrons. The molecule has 2 unspecified atom stereocenters. The van der Waals surface area contributed by atoms with Crippen LogP contribution in [-0.4, -0.2) is 40.3 Å². The molecule has 1 heterocycles. The molecule has 0 aromatic carbocycles. The Labute approximate surface area is 108 Å². The standard InChI is InChI=1S/C14H21N3O/c1-11-5-4-6-14(7-11,17(2)3)13(18)12-8-15-10-16-9-12/h8-11H,4-7H2,1-3H3. The van der Waals surface area contributed by atoms with E-state index in [0.717, 1.165) is 19.3 Å². The number of carbonyl (C=O) groups is 1. The van der Waals surface area contributed by atoms with E-state index in [1.165, 1.54) is 12.7 Å². The second kappa shape index (κ2) is 5.14. The van der Waals surface area contributed by atoms with E-state index in [9.17, 15) is 4.79 Å². The van der Waals surface area contributed by atoms with Crippen molar-refractivity contribution in [3.8, 4) is 0 Å². The molecule has 1 fully saturated rings. The molecule has 0 bridgehead atoms. The molecule has 0 radical (unpaired) electrons. The second-order valence-electron chi connectivity index (χ2n) is 5.58. The van der Waals surface area contributed by atoms with Gasteiger partial charge in [0.25, 0.3) is 0 Å². The van der Waals surface area contributed by atoms with Crippen molar-refractivity contribution in [3.05, 3.63) is 24.3 Å². The first-order valence-corrected chi connectivity index (χ1v) is 6.53. The van der Waals surface area contributed by atoms with E-state index in [0.29, 0.717) is 11.5 Å². The van der Waals surface area contributed by atoms with Gasteiger partial charge < -0.3 is 0 Å². The highest BCUT2D eigenvalue weighted by molar-refractivity contribution is 6.02. The molecule has 1 aliphatic carbocycles. The van der Waals surface area contributed by atoms with Gasteiger partial charge in [-0.25, -0.2) is 9.97 Å². The number of hydrogen-bond acceptors (Lipinski definition) is 4. The number of likely N-dealkylation sites (N-methyl/N-ethyl adjacent to an activating group) is 1. The maximum absolute atomic E-state index is 12.8. The molecule has 4 nitrogen and oxygen atoms in total. The Kier molecular flexibility index (Phi) is 3.76. The normalized spacial score (nSPS) is 28.3. The first kappa shape index (κ1) is 13.1. The lowest BCUT2D eigenvalue weighted by Gasteiger charge is -2.43. The fraction of sp³-hybridized carbons (Fsp3) is 0.643. The molecule has 18 heavy (non-hydrogen) atoms. The first-order valence-electron chi connectivity index (χ1n) is 6.53. The van der Waals surface area contributed by atoms with Crippen molar-refractivity contribution in [1.82, 2.24) is 14.9 Å². The molecule has 0 spiro atoms. The highest BCUT2D eigenvalue weighted by Gasteiger charge is 2.43. The molecule has 4 heteroatoms. The van der Waals surface area contributed by atoms with E-state index in [1.807, 2.05) is 14.1 Å². The molecule has 0 amide bonds. The number of Topliss-reactive ketones (excluding diaryl/α,β-unsaturated/α-hetero) is 1. The summed E-state index contributed by atoms with van der Waals surface area (Å²) in [7, 11) is 4.00. The van der Waals surface area contributed by atoms with E-state index in [2.05, 4.69) is 21.8 Å². The van der Waals surface area contributed by atoms with Crippen LogP contribution in [0.5, 0.6) is 0 Å². The van der Waals surface area contributed by atoms with Crippen molar-refractivity contribution in [3.63, 3.8) is 0 Å². The van der Waals surface area contributed by atoms with Crippen LogP contribution in [0.4, 0.5) is 0 Å². The molecular weight excluding hydrogens is 226 g/mol. The lowest BCUT2D eigenvalue weighted by Crippen LogP contribution is -2.53. The maximum atomic E-state index is 12.8. The van der Waals surface area contributed by atoms with E-state index >= 15 is 0 Å². The lowest BCUT2D eigenvalue weighted by molar-refractivity contribution is 0.0485. The molecule has 0 N–H and O–H groups in total. The van der Waals surface area contributed by atoms with Gasteiger partial charge in [0.2, 0.25) is 0 Å². The quantitative estimate of drug-likeness (QED) is 0.768. The number of carbonyl (C=O) groups excluding carboxylic acids is 1. The minimum absolute atomic E-state index is 0.166. The minimum atomic E-state index is -0.373. The van der Waals surface area contributed by atoms with Crippen LogP contribution in [0.2, 0.25) is 0 Å². The Bertz CT molecular complexity index is 418. The average molecular weight is 247 g/mol. The average Bonchev–Trinajstić information content (AvgIpc) is 2.38. The Morgan fingerprint density at radius 3 is 2.61 bits per heavy atom. The predicted octanol–water partition coefficient (Wildman–Crippen LogP) is 2.17. The summed E-state index contributed by atoms with van der Waals surface area (Å²) in [6.45, 7) is 2.23. The zero-order chi connectivity index (χ0) is 13.2. The minimum Gasteiger partial charge on any atom is -0.297 e. The smallest absolute Gasteiger partial charge is 0.186 e. The molecule has 0 aliphatic heterocycles. The van der Waals surface area contributed by atoms with E-state index < -0.39 is 0 Å². The van der Waals surface area contributed by atoms with Gasteiger partial charge in [-0.3, -0.25) is 9.69 Å². The van der Waals surface area contributed by atoms with Gasteiger partial charge in [-0.2, -0.15) is 0 Å². The third-order valence-corrected chi connectivity index (χ3v) is 4.07. The summed E-state index contributed by atoms with van der Waals surface area (Å²) in [5, 5.41) is 0. The number of ketones is 1. The van der Waals surface area contributed by atoms with Crippen LogP contribution in [0.3, 0.4) is 0 Å². The highest BCUT2D eigenvalue weighted by Crippen LogP contribution is 2.37. The fourth-order valence-electron chi connectivity index (χ4n) is 3.02. The van der Waals surface area contributed by atoms with Crippen LogP contribution in [0, 0.1) is 5.92 Å². The van der Waals surface area contributed by atoms with Crippen molar-refractivity contribution in [2.45, 2.75) is 38.1 Å². The van der Waals surface area contributed by atoms with E-state index in [4.69, 9.17) is 0 Å². The molecule has 2 atom stereocenters. The van der Waals surface area contributed by atoms with Crippen molar-refractivity contribution in [1.29, 1.82) is 0 Å². The maximum Gasteiger partial charge on any atom is 0.186 e. The van der Waals surface area contributed by atoms with Gasteiger partial charge in [0.05, 0.1) is 11.1 Å². The van der Waals surface area contributed by atoms with Crippen LogP contribution in [-0.2, 0) is 0 Å². The van der Waals surface area contributed by atoms with Crippen LogP contribution < -0.4 is 0 Å². The van der Waals surface area contributed by atoms with Crippen LogP contribution in [0.25, 0.3) is 0 Å². The first-order chi connectivity index (χ1) is 8.56.